The van der Waals surface area contributed by atoms with Crippen LogP contribution in [-0.4, -0.2) is 25.5 Å². The Morgan fingerprint density at radius 3 is 2.57 bits per heavy atom. The minimum Gasteiger partial charge on any atom is -0.490 e. The maximum Gasteiger partial charge on any atom is 0.340 e. The molecule has 0 fully saturated rings. The zero-order valence-electron chi connectivity index (χ0n) is 19.4. The topological polar surface area (TPSA) is 97.1 Å². The highest BCUT2D eigenvalue weighted by molar-refractivity contribution is 6.32. The Morgan fingerprint density at radius 1 is 1.14 bits per heavy atom. The molecule has 0 saturated carbocycles. The summed E-state index contributed by atoms with van der Waals surface area (Å²) in [6, 6.07) is 10.6. The third-order valence-corrected chi connectivity index (χ3v) is 6.38. The molecule has 0 radical (unpaired) electrons. The summed E-state index contributed by atoms with van der Waals surface area (Å²) < 4.78 is 22.5. The molecule has 0 spiro atoms. The fourth-order valence-electron chi connectivity index (χ4n) is 4.29. The van der Waals surface area contributed by atoms with Crippen LogP contribution >= 0.6 is 23.2 Å². The molecule has 0 aromatic heterocycles. The molecule has 2 aromatic carbocycles. The lowest BCUT2D eigenvalue weighted by atomic mass is 9.77. The van der Waals surface area contributed by atoms with Gasteiger partial charge in [-0.2, -0.15) is 0 Å². The third kappa shape index (κ3) is 5.11. The minimum atomic E-state index is -0.805. The molecule has 2 N–H and O–H groups in total. The molecule has 2 aliphatic rings. The zero-order valence-corrected chi connectivity index (χ0v) is 20.9. The number of hydrogen-bond donors (Lipinski definition) is 1. The second kappa shape index (κ2) is 10.6. The fourth-order valence-corrected chi connectivity index (χ4v) is 4.69. The number of rotatable bonds is 7. The van der Waals surface area contributed by atoms with Crippen molar-refractivity contribution < 1.29 is 28.5 Å². The van der Waals surface area contributed by atoms with E-state index >= 15 is 0 Å². The van der Waals surface area contributed by atoms with Crippen LogP contribution in [0.3, 0.4) is 0 Å². The molecule has 7 nitrogen and oxygen atoms in total. The summed E-state index contributed by atoms with van der Waals surface area (Å²) in [5, 5.41) is 0.891. The smallest absolute Gasteiger partial charge is 0.340 e. The van der Waals surface area contributed by atoms with Crippen molar-refractivity contribution in [2.75, 3.05) is 13.7 Å². The van der Waals surface area contributed by atoms with E-state index in [1.807, 2.05) is 19.1 Å². The molecule has 4 rings (SSSR count). The molecule has 184 valence electrons. The van der Waals surface area contributed by atoms with Gasteiger partial charge in [-0.3, -0.25) is 4.79 Å². The first kappa shape index (κ1) is 24.9. The van der Waals surface area contributed by atoms with Crippen molar-refractivity contribution >= 4 is 35.0 Å². The SMILES string of the molecule is CCOc1cc([C@@H]2C(C(=O)OC)=C(N)OC3=C2C(=O)CCC3)cc(Cl)c1OCc1ccc(Cl)cc1. The molecule has 0 unspecified atom stereocenters. The van der Waals surface area contributed by atoms with Crippen LogP contribution in [0, 0.1) is 0 Å². The van der Waals surface area contributed by atoms with Crippen LogP contribution in [0.25, 0.3) is 0 Å². The van der Waals surface area contributed by atoms with Gasteiger partial charge in [0.1, 0.15) is 17.9 Å². The summed E-state index contributed by atoms with van der Waals surface area (Å²) in [4.78, 5) is 25.7. The van der Waals surface area contributed by atoms with Gasteiger partial charge in [0.25, 0.3) is 0 Å². The van der Waals surface area contributed by atoms with Crippen molar-refractivity contribution in [1.82, 2.24) is 0 Å². The van der Waals surface area contributed by atoms with Crippen molar-refractivity contribution in [1.29, 1.82) is 0 Å². The second-order valence-corrected chi connectivity index (χ2v) is 8.94. The molecule has 1 aliphatic heterocycles. The number of carbonyl (C=O) groups is 2. The normalized spacial score (nSPS) is 17.6. The van der Waals surface area contributed by atoms with E-state index in [9.17, 15) is 9.59 Å². The van der Waals surface area contributed by atoms with Crippen LogP contribution in [0.15, 0.2) is 59.2 Å². The number of methoxy groups -OCH3 is 1. The standard InChI is InChI=1S/C26H25Cl2NO6/c1-3-33-20-12-15(11-17(28)24(20)34-13-14-7-9-16(27)10-8-14)21-22-18(30)5-4-6-19(22)35-25(29)23(21)26(31)32-2/h7-12,21H,3-6,13,29H2,1-2H3/t21-/m0/s1. The summed E-state index contributed by atoms with van der Waals surface area (Å²) in [6.07, 6.45) is 1.54. The molecule has 0 amide bonds. The van der Waals surface area contributed by atoms with E-state index in [1.54, 1.807) is 24.3 Å². The summed E-state index contributed by atoms with van der Waals surface area (Å²) >= 11 is 12.6. The molecule has 1 aliphatic carbocycles. The van der Waals surface area contributed by atoms with E-state index in [0.29, 0.717) is 59.3 Å². The van der Waals surface area contributed by atoms with E-state index in [2.05, 4.69) is 0 Å². The predicted octanol–water partition coefficient (Wildman–Crippen LogP) is 5.44. The number of ketones is 1. The molecule has 9 heteroatoms. The van der Waals surface area contributed by atoms with Crippen molar-refractivity contribution in [2.24, 2.45) is 5.73 Å². The van der Waals surface area contributed by atoms with Gasteiger partial charge in [-0.15, -0.1) is 0 Å². The van der Waals surface area contributed by atoms with Crippen LogP contribution < -0.4 is 15.2 Å². The van der Waals surface area contributed by atoms with Gasteiger partial charge in [0.05, 0.1) is 24.7 Å². The van der Waals surface area contributed by atoms with E-state index in [0.717, 1.165) is 5.56 Å². The van der Waals surface area contributed by atoms with Crippen LogP contribution in [-0.2, 0) is 25.7 Å². The number of ether oxygens (including phenoxy) is 4. The Kier molecular flexibility index (Phi) is 7.57. The van der Waals surface area contributed by atoms with Gasteiger partial charge in [-0.25, -0.2) is 4.79 Å². The molecule has 35 heavy (non-hydrogen) atoms. The van der Waals surface area contributed by atoms with Crippen LogP contribution in [0.2, 0.25) is 10.0 Å². The number of Topliss-reactive ketones (excluding diaryl/α,β-unsaturated/α-hetero) is 1. The average Bonchev–Trinajstić information content (AvgIpc) is 2.83. The highest BCUT2D eigenvalue weighted by Crippen LogP contribution is 2.47. The Balaban J connectivity index is 1.78. The lowest BCUT2D eigenvalue weighted by Gasteiger charge is -2.32. The van der Waals surface area contributed by atoms with Gasteiger partial charge < -0.3 is 24.7 Å². The number of benzene rings is 2. The van der Waals surface area contributed by atoms with Crippen molar-refractivity contribution in [3.63, 3.8) is 0 Å². The molecular weight excluding hydrogens is 493 g/mol. The molecule has 1 atom stereocenters. The highest BCUT2D eigenvalue weighted by atomic mass is 35.5. The fraction of sp³-hybridized carbons (Fsp3) is 0.308. The van der Waals surface area contributed by atoms with Gasteiger partial charge in [0.2, 0.25) is 5.88 Å². The number of halogens is 2. The maximum atomic E-state index is 13.0. The van der Waals surface area contributed by atoms with E-state index < -0.39 is 11.9 Å². The van der Waals surface area contributed by atoms with E-state index in [1.165, 1.54) is 7.11 Å². The molecular formula is C26H25Cl2NO6. The van der Waals surface area contributed by atoms with Crippen LogP contribution in [0.1, 0.15) is 43.2 Å². The Bertz CT molecular complexity index is 1220. The van der Waals surface area contributed by atoms with Gasteiger partial charge in [0, 0.05) is 23.4 Å². The predicted molar refractivity (Wildman–Crippen MR) is 131 cm³/mol. The number of hydrogen-bond acceptors (Lipinski definition) is 7. The number of allylic oxidation sites excluding steroid dienone is 2. The average molecular weight is 518 g/mol. The lowest BCUT2D eigenvalue weighted by Crippen LogP contribution is -2.31. The first-order valence-electron chi connectivity index (χ1n) is 11.2. The summed E-state index contributed by atoms with van der Waals surface area (Å²) in [6.45, 7) is 2.42. The highest BCUT2D eigenvalue weighted by Gasteiger charge is 2.41. The largest absolute Gasteiger partial charge is 0.490 e. The first-order chi connectivity index (χ1) is 16.8. The maximum absolute atomic E-state index is 13.0. The van der Waals surface area contributed by atoms with Crippen molar-refractivity contribution in [3.05, 3.63) is 80.4 Å². The van der Waals surface area contributed by atoms with Crippen LogP contribution in [0.5, 0.6) is 11.5 Å². The molecule has 0 bridgehead atoms. The van der Waals surface area contributed by atoms with Crippen LogP contribution in [0.4, 0.5) is 0 Å². The van der Waals surface area contributed by atoms with Gasteiger partial charge in [-0.05, 0) is 48.7 Å². The molecule has 1 heterocycles. The van der Waals surface area contributed by atoms with E-state index in [4.69, 9.17) is 47.9 Å². The van der Waals surface area contributed by atoms with Gasteiger partial charge in [0.15, 0.2) is 17.3 Å². The van der Waals surface area contributed by atoms with Crippen molar-refractivity contribution in [2.45, 2.75) is 38.7 Å². The van der Waals surface area contributed by atoms with Gasteiger partial charge in [-0.1, -0.05) is 35.3 Å². The number of nitrogens with two attached hydrogens (primary N) is 1. The Morgan fingerprint density at radius 2 is 1.89 bits per heavy atom. The Hall–Kier alpha value is -3.16. The lowest BCUT2D eigenvalue weighted by molar-refractivity contribution is -0.136. The summed E-state index contributed by atoms with van der Waals surface area (Å²) in [5.74, 6) is -0.498. The first-order valence-corrected chi connectivity index (χ1v) is 11.9. The number of carbonyl (C=O) groups excluding carboxylic acids is 2. The minimum absolute atomic E-state index is 0.0508. The molecule has 2 aromatic rings. The third-order valence-electron chi connectivity index (χ3n) is 5.85. The van der Waals surface area contributed by atoms with Crippen molar-refractivity contribution in [3.8, 4) is 11.5 Å². The van der Waals surface area contributed by atoms with Gasteiger partial charge >= 0.3 is 5.97 Å². The number of esters is 1. The zero-order chi connectivity index (χ0) is 25.1. The molecule has 0 saturated heterocycles. The summed E-state index contributed by atoms with van der Waals surface area (Å²) in [7, 11) is 1.25. The Labute approximate surface area is 213 Å². The second-order valence-electron chi connectivity index (χ2n) is 8.10. The van der Waals surface area contributed by atoms with E-state index in [-0.39, 0.29) is 28.9 Å². The quantitative estimate of drug-likeness (QED) is 0.488. The summed E-state index contributed by atoms with van der Waals surface area (Å²) in [5.41, 5.74) is 8.02. The monoisotopic (exact) mass is 517 g/mol.